The molecule has 1 N–H and O–H groups in total. The van der Waals surface area contributed by atoms with Crippen LogP contribution in [0.3, 0.4) is 0 Å². The molecule has 1 heterocycles. The number of ether oxygens (including phenoxy) is 4. The predicted octanol–water partition coefficient (Wildman–Crippen LogP) is 10.6. The first kappa shape index (κ1) is 30.5. The van der Waals surface area contributed by atoms with Gasteiger partial charge >= 0.3 is 0 Å². The lowest BCUT2D eigenvalue weighted by Gasteiger charge is -2.38. The average molecular weight is 679 g/mol. The molecule has 0 fully saturated rings. The number of allylic oxidation sites excluding steroid dienone is 1. The Hall–Kier alpha value is -6.30. The van der Waals surface area contributed by atoms with E-state index in [1.165, 1.54) is 0 Å². The molecule has 52 heavy (non-hydrogen) atoms. The van der Waals surface area contributed by atoms with Gasteiger partial charge in [-0.2, -0.15) is 0 Å². The molecule has 0 radical (unpaired) electrons. The van der Waals surface area contributed by atoms with Gasteiger partial charge in [-0.15, -0.1) is 0 Å². The highest BCUT2D eigenvalue weighted by Crippen LogP contribution is 2.59. The van der Waals surface area contributed by atoms with E-state index < -0.39 is 11.0 Å². The molecule has 10 rings (SSSR count). The van der Waals surface area contributed by atoms with Crippen LogP contribution in [0.25, 0.3) is 28.0 Å². The second-order valence-corrected chi connectivity index (χ2v) is 13.7. The van der Waals surface area contributed by atoms with Gasteiger partial charge in [0.15, 0.2) is 23.0 Å². The minimum atomic E-state index is -1.39. The highest BCUT2D eigenvalue weighted by molar-refractivity contribution is 6.08. The van der Waals surface area contributed by atoms with E-state index in [2.05, 4.69) is 60.7 Å². The first-order valence-electron chi connectivity index (χ1n) is 17.5. The van der Waals surface area contributed by atoms with Gasteiger partial charge in [0.25, 0.3) is 0 Å². The van der Waals surface area contributed by atoms with Crippen molar-refractivity contribution >= 4 is 16.8 Å². The molecular formula is C47H34O5. The van der Waals surface area contributed by atoms with Gasteiger partial charge < -0.3 is 24.1 Å². The number of fused-ring (bicyclic) bond motifs is 10. The summed E-state index contributed by atoms with van der Waals surface area (Å²) in [5.41, 5.74) is 7.02. The minimum absolute atomic E-state index is 0.553. The quantitative estimate of drug-likeness (QED) is 0.196. The van der Waals surface area contributed by atoms with Gasteiger partial charge in [0.2, 0.25) is 0 Å². The standard InChI is InChI=1S/C47H34O5/c1-49-32-20-16-29(17-21-32)46(30-18-22-33(50-2)23-19-30)25-24-34-38(28-46)36-26-42-43(52-41-15-9-8-14-40(41)51-42)27-37(36)44-35-12-6-7-13-39(35)47(48,45(34)44)31-10-4-3-5-11-31/h3-27,48H,28H2,1-2H3. The second-order valence-electron chi connectivity index (χ2n) is 13.7. The van der Waals surface area contributed by atoms with E-state index in [1.54, 1.807) is 14.2 Å². The lowest BCUT2D eigenvalue weighted by molar-refractivity contribution is 0.130. The van der Waals surface area contributed by atoms with Gasteiger partial charge in [0.1, 0.15) is 17.1 Å². The smallest absolute Gasteiger partial charge is 0.170 e. The number of aliphatic hydroxyl groups is 1. The minimum Gasteiger partial charge on any atom is -0.497 e. The molecule has 0 saturated carbocycles. The molecule has 0 bridgehead atoms. The molecule has 0 aromatic heterocycles. The predicted molar refractivity (Wildman–Crippen MR) is 204 cm³/mol. The van der Waals surface area contributed by atoms with E-state index in [-0.39, 0.29) is 0 Å². The van der Waals surface area contributed by atoms with E-state index in [1.807, 2.05) is 91.0 Å². The Kier molecular flexibility index (Phi) is 6.66. The third kappa shape index (κ3) is 4.26. The van der Waals surface area contributed by atoms with E-state index in [0.29, 0.717) is 29.4 Å². The zero-order valence-electron chi connectivity index (χ0n) is 28.7. The molecule has 1 aliphatic heterocycles. The molecule has 1 unspecified atom stereocenters. The molecule has 0 saturated heterocycles. The maximum Gasteiger partial charge on any atom is 0.170 e. The monoisotopic (exact) mass is 678 g/mol. The molecule has 1 atom stereocenters. The Morgan fingerprint density at radius 3 is 1.75 bits per heavy atom. The summed E-state index contributed by atoms with van der Waals surface area (Å²) < 4.78 is 24.2. The van der Waals surface area contributed by atoms with Crippen LogP contribution >= 0.6 is 0 Å². The highest BCUT2D eigenvalue weighted by Gasteiger charge is 2.48. The molecule has 7 aromatic rings. The summed E-state index contributed by atoms with van der Waals surface area (Å²) in [5.74, 6) is 4.25. The highest BCUT2D eigenvalue weighted by atomic mass is 16.6. The number of rotatable bonds is 5. The Morgan fingerprint density at radius 1 is 0.577 bits per heavy atom. The SMILES string of the molecule is COc1ccc(C2(c3ccc(OC)cc3)C=Cc3c4c(c5cc6c(cc5c3C2)Oc2ccccc2O6)-c2ccccc2C4(O)c2ccccc2)cc1. The summed E-state index contributed by atoms with van der Waals surface area (Å²) in [6, 6.07) is 47.0. The van der Waals surface area contributed by atoms with Crippen LogP contribution in [0.15, 0.2) is 146 Å². The number of hydrogen-bond donors (Lipinski definition) is 1. The fraction of sp³-hybridized carbons (Fsp3) is 0.106. The van der Waals surface area contributed by atoms with Crippen LogP contribution in [-0.2, 0) is 17.4 Å². The Labute approximate surface area is 301 Å². The van der Waals surface area contributed by atoms with Gasteiger partial charge in [-0.3, -0.25) is 0 Å². The van der Waals surface area contributed by atoms with Gasteiger partial charge in [-0.05, 0) is 105 Å². The molecule has 5 nitrogen and oxygen atoms in total. The van der Waals surface area contributed by atoms with Crippen LogP contribution in [0, 0.1) is 0 Å². The summed E-state index contributed by atoms with van der Waals surface area (Å²) in [7, 11) is 3.38. The molecule has 5 heteroatoms. The van der Waals surface area contributed by atoms with Gasteiger partial charge in [0.05, 0.1) is 14.2 Å². The third-order valence-electron chi connectivity index (χ3n) is 11.2. The molecule has 7 aromatic carbocycles. The Bertz CT molecular complexity index is 2520. The summed E-state index contributed by atoms with van der Waals surface area (Å²) in [6.45, 7) is 0. The molecule has 2 aliphatic carbocycles. The second kappa shape index (κ2) is 11.4. The van der Waals surface area contributed by atoms with Crippen molar-refractivity contribution in [1.29, 1.82) is 0 Å². The first-order chi connectivity index (χ1) is 25.5. The zero-order valence-corrected chi connectivity index (χ0v) is 28.7. The van der Waals surface area contributed by atoms with Crippen molar-refractivity contribution in [1.82, 2.24) is 0 Å². The molecular weight excluding hydrogens is 645 g/mol. The van der Waals surface area contributed by atoms with Crippen molar-refractivity contribution in [3.05, 3.63) is 185 Å². The maximum atomic E-state index is 13.3. The summed E-state index contributed by atoms with van der Waals surface area (Å²) in [5, 5.41) is 15.4. The maximum absolute atomic E-state index is 13.3. The fourth-order valence-corrected chi connectivity index (χ4v) is 8.66. The molecule has 3 aliphatic rings. The topological polar surface area (TPSA) is 57.2 Å². The number of para-hydroxylation sites is 2. The van der Waals surface area contributed by atoms with Gasteiger partial charge in [0, 0.05) is 16.5 Å². The zero-order chi connectivity index (χ0) is 35.0. The van der Waals surface area contributed by atoms with Gasteiger partial charge in [-0.25, -0.2) is 0 Å². The van der Waals surface area contributed by atoms with E-state index in [9.17, 15) is 5.11 Å². The number of benzene rings is 7. The van der Waals surface area contributed by atoms with E-state index in [0.717, 1.165) is 72.3 Å². The first-order valence-corrected chi connectivity index (χ1v) is 17.5. The van der Waals surface area contributed by atoms with Crippen molar-refractivity contribution in [2.24, 2.45) is 0 Å². The van der Waals surface area contributed by atoms with Crippen LogP contribution in [0.4, 0.5) is 0 Å². The molecule has 0 spiro atoms. The third-order valence-corrected chi connectivity index (χ3v) is 11.2. The van der Waals surface area contributed by atoms with Crippen LogP contribution in [-0.4, -0.2) is 19.3 Å². The van der Waals surface area contributed by atoms with Crippen LogP contribution < -0.4 is 18.9 Å². The van der Waals surface area contributed by atoms with Gasteiger partial charge in [-0.1, -0.05) is 103 Å². The largest absolute Gasteiger partial charge is 0.497 e. The summed E-state index contributed by atoms with van der Waals surface area (Å²) in [4.78, 5) is 0. The lowest BCUT2D eigenvalue weighted by atomic mass is 9.65. The van der Waals surface area contributed by atoms with E-state index >= 15 is 0 Å². The van der Waals surface area contributed by atoms with Crippen molar-refractivity contribution in [2.75, 3.05) is 14.2 Å². The normalized spacial score (nSPS) is 17.1. The fourth-order valence-electron chi connectivity index (χ4n) is 8.66. The van der Waals surface area contributed by atoms with Crippen molar-refractivity contribution in [3.8, 4) is 45.6 Å². The van der Waals surface area contributed by atoms with E-state index in [4.69, 9.17) is 18.9 Å². The number of methoxy groups -OCH3 is 2. The lowest BCUT2D eigenvalue weighted by Crippen LogP contribution is -2.33. The van der Waals surface area contributed by atoms with Crippen LogP contribution in [0.5, 0.6) is 34.5 Å². The van der Waals surface area contributed by atoms with Crippen molar-refractivity contribution in [3.63, 3.8) is 0 Å². The van der Waals surface area contributed by atoms with Crippen LogP contribution in [0.1, 0.15) is 38.9 Å². The van der Waals surface area contributed by atoms with Crippen molar-refractivity contribution in [2.45, 2.75) is 17.4 Å². The number of hydrogen-bond acceptors (Lipinski definition) is 5. The molecule has 252 valence electrons. The summed E-state index contributed by atoms with van der Waals surface area (Å²) in [6.07, 6.45) is 5.17. The Morgan fingerprint density at radius 2 is 1.13 bits per heavy atom. The summed E-state index contributed by atoms with van der Waals surface area (Å²) >= 11 is 0. The Balaban J connectivity index is 1.30. The van der Waals surface area contributed by atoms with Crippen LogP contribution in [0.2, 0.25) is 0 Å². The molecule has 0 amide bonds. The average Bonchev–Trinajstić information content (AvgIpc) is 3.49. The van der Waals surface area contributed by atoms with Crippen molar-refractivity contribution < 1.29 is 24.1 Å².